The highest BCUT2D eigenvalue weighted by Gasteiger charge is 2.31. The van der Waals surface area contributed by atoms with Crippen molar-refractivity contribution in [2.45, 2.75) is 12.7 Å². The summed E-state index contributed by atoms with van der Waals surface area (Å²) in [7, 11) is 0. The second kappa shape index (κ2) is 7.83. The van der Waals surface area contributed by atoms with Crippen molar-refractivity contribution in [1.29, 1.82) is 0 Å². The Morgan fingerprint density at radius 2 is 1.76 bits per heavy atom. The van der Waals surface area contributed by atoms with Gasteiger partial charge in [0, 0.05) is 10.9 Å². The van der Waals surface area contributed by atoms with Crippen LogP contribution in [0, 0.1) is 0 Å². The predicted molar refractivity (Wildman–Crippen MR) is 103 cm³/mol. The molecule has 1 saturated heterocycles. The highest BCUT2D eigenvalue weighted by Crippen LogP contribution is 2.29. The predicted octanol–water partition coefficient (Wildman–Crippen LogP) is 2.79. The quantitative estimate of drug-likeness (QED) is 0.734. The summed E-state index contributed by atoms with van der Waals surface area (Å²) in [6.07, 6.45) is -4.33. The van der Waals surface area contributed by atoms with Gasteiger partial charge in [-0.05, 0) is 24.3 Å². The molecule has 1 fully saturated rings. The molecule has 1 aliphatic rings. The van der Waals surface area contributed by atoms with E-state index in [4.69, 9.17) is 0 Å². The Bertz CT molecular complexity index is 1030. The molecule has 150 valence electrons. The number of hydrogen-bond acceptors (Lipinski definition) is 2. The zero-order valence-corrected chi connectivity index (χ0v) is 15.7. The molecule has 1 amide bonds. The first-order valence-electron chi connectivity index (χ1n) is 9.55. The van der Waals surface area contributed by atoms with Crippen molar-refractivity contribution in [3.63, 3.8) is 0 Å². The minimum absolute atomic E-state index is 0.103. The first kappa shape index (κ1) is 19.4. The van der Waals surface area contributed by atoms with E-state index in [-0.39, 0.29) is 5.91 Å². The van der Waals surface area contributed by atoms with Crippen LogP contribution in [0.25, 0.3) is 10.9 Å². The fourth-order valence-electron chi connectivity index (χ4n) is 3.70. The molecule has 2 heterocycles. The molecule has 29 heavy (non-hydrogen) atoms. The zero-order chi connectivity index (χ0) is 20.4. The number of alkyl halides is 3. The van der Waals surface area contributed by atoms with E-state index in [0.29, 0.717) is 44.0 Å². The average Bonchev–Trinajstić information content (AvgIpc) is 2.73. The van der Waals surface area contributed by atoms with E-state index < -0.39 is 11.7 Å². The molecule has 0 spiro atoms. The number of quaternary nitrogens is 1. The van der Waals surface area contributed by atoms with Crippen LogP contribution in [0.15, 0.2) is 60.7 Å². The lowest BCUT2D eigenvalue weighted by Gasteiger charge is -2.32. The number of carbonyl (C=O) groups excluding carboxylic acids is 1. The van der Waals surface area contributed by atoms with Crippen LogP contribution in [0.1, 0.15) is 21.6 Å². The van der Waals surface area contributed by atoms with Gasteiger partial charge in [-0.1, -0.05) is 36.4 Å². The van der Waals surface area contributed by atoms with Crippen molar-refractivity contribution in [1.82, 2.24) is 9.88 Å². The Morgan fingerprint density at radius 3 is 2.52 bits per heavy atom. The third-order valence-electron chi connectivity index (χ3n) is 5.28. The van der Waals surface area contributed by atoms with Crippen molar-refractivity contribution in [2.24, 2.45) is 0 Å². The number of nitrogens with one attached hydrogen (secondary N) is 1. The van der Waals surface area contributed by atoms with E-state index in [0.717, 1.165) is 17.0 Å². The number of nitrogens with zero attached hydrogens (tertiary/aromatic N) is 2. The fourth-order valence-corrected chi connectivity index (χ4v) is 3.70. The standard InChI is InChI=1S/C22H20F3N3O/c23-22(24,25)18-6-3-4-16(14-18)15-27-10-12-28(13-11-27)21(29)20-9-8-17-5-1-2-7-19(17)26-20/h1-9,14H,10-13,15H2/p+1. The second-order valence-corrected chi connectivity index (χ2v) is 7.31. The molecule has 2 aromatic carbocycles. The third-order valence-corrected chi connectivity index (χ3v) is 5.28. The summed E-state index contributed by atoms with van der Waals surface area (Å²) < 4.78 is 38.7. The maximum Gasteiger partial charge on any atom is 0.416 e. The zero-order valence-electron chi connectivity index (χ0n) is 15.7. The maximum atomic E-state index is 12.9. The monoisotopic (exact) mass is 400 g/mol. The van der Waals surface area contributed by atoms with Crippen molar-refractivity contribution in [2.75, 3.05) is 26.2 Å². The number of benzene rings is 2. The van der Waals surface area contributed by atoms with Crippen LogP contribution in [-0.4, -0.2) is 42.0 Å². The number of fused-ring (bicyclic) bond motifs is 1. The lowest BCUT2D eigenvalue weighted by atomic mass is 10.1. The largest absolute Gasteiger partial charge is 0.416 e. The number of halogens is 3. The lowest BCUT2D eigenvalue weighted by Crippen LogP contribution is -3.13. The van der Waals surface area contributed by atoms with Gasteiger partial charge in [0.2, 0.25) is 0 Å². The molecule has 0 aliphatic carbocycles. The summed E-state index contributed by atoms with van der Waals surface area (Å²) in [6, 6.07) is 16.8. The summed E-state index contributed by atoms with van der Waals surface area (Å²) in [6.45, 7) is 3.01. The number of pyridine rings is 1. The molecule has 1 aliphatic heterocycles. The molecule has 0 saturated carbocycles. The van der Waals surface area contributed by atoms with Crippen LogP contribution in [0.4, 0.5) is 13.2 Å². The Hall–Kier alpha value is -2.93. The van der Waals surface area contributed by atoms with E-state index in [1.807, 2.05) is 30.3 Å². The first-order chi connectivity index (χ1) is 13.9. The van der Waals surface area contributed by atoms with Gasteiger partial charge in [-0.2, -0.15) is 13.2 Å². The van der Waals surface area contributed by atoms with Gasteiger partial charge in [-0.3, -0.25) is 4.79 Å². The van der Waals surface area contributed by atoms with Crippen LogP contribution in [0.5, 0.6) is 0 Å². The summed E-state index contributed by atoms with van der Waals surface area (Å²) in [5.41, 5.74) is 1.24. The first-order valence-corrected chi connectivity index (χ1v) is 9.55. The topological polar surface area (TPSA) is 37.6 Å². The van der Waals surface area contributed by atoms with Gasteiger partial charge in [0.05, 0.1) is 37.3 Å². The van der Waals surface area contributed by atoms with Crippen LogP contribution in [0.2, 0.25) is 0 Å². The SMILES string of the molecule is O=C(c1ccc2ccccc2n1)N1CC[NH+](Cc2cccc(C(F)(F)F)c2)CC1. The number of rotatable bonds is 3. The van der Waals surface area contributed by atoms with E-state index in [9.17, 15) is 18.0 Å². The van der Waals surface area contributed by atoms with Gasteiger partial charge in [-0.25, -0.2) is 4.98 Å². The Kier molecular flexibility index (Phi) is 5.24. The second-order valence-electron chi connectivity index (χ2n) is 7.31. The van der Waals surface area contributed by atoms with Crippen LogP contribution < -0.4 is 4.90 Å². The van der Waals surface area contributed by atoms with Crippen molar-refractivity contribution < 1.29 is 22.9 Å². The highest BCUT2D eigenvalue weighted by atomic mass is 19.4. The molecule has 0 bridgehead atoms. The minimum atomic E-state index is -4.33. The van der Waals surface area contributed by atoms with E-state index in [1.165, 1.54) is 17.0 Å². The van der Waals surface area contributed by atoms with Gasteiger partial charge < -0.3 is 9.80 Å². The van der Waals surface area contributed by atoms with Gasteiger partial charge in [0.1, 0.15) is 12.2 Å². The van der Waals surface area contributed by atoms with Gasteiger partial charge in [0.15, 0.2) is 0 Å². The number of piperazine rings is 1. The minimum Gasteiger partial charge on any atom is -0.328 e. The molecule has 1 N–H and O–H groups in total. The number of hydrogen-bond donors (Lipinski definition) is 1. The maximum absolute atomic E-state index is 12.9. The number of amides is 1. The molecular formula is C22H21F3N3O+. The van der Waals surface area contributed by atoms with Crippen molar-refractivity contribution in [3.05, 3.63) is 77.5 Å². The molecule has 4 rings (SSSR count). The molecule has 7 heteroatoms. The highest BCUT2D eigenvalue weighted by molar-refractivity contribution is 5.94. The van der Waals surface area contributed by atoms with E-state index >= 15 is 0 Å². The molecule has 4 nitrogen and oxygen atoms in total. The normalized spacial score (nSPS) is 15.6. The van der Waals surface area contributed by atoms with Crippen LogP contribution in [0.3, 0.4) is 0 Å². The van der Waals surface area contributed by atoms with Gasteiger partial charge >= 0.3 is 6.18 Å². The number of carbonyl (C=O) groups is 1. The van der Waals surface area contributed by atoms with Crippen LogP contribution in [-0.2, 0) is 12.7 Å². The molecular weight excluding hydrogens is 379 g/mol. The third kappa shape index (κ3) is 4.40. The number of aromatic nitrogens is 1. The van der Waals surface area contributed by atoms with E-state index in [2.05, 4.69) is 4.98 Å². The lowest BCUT2D eigenvalue weighted by molar-refractivity contribution is -0.917. The fraction of sp³-hybridized carbons (Fsp3) is 0.273. The number of para-hydroxylation sites is 1. The molecule has 3 aromatic rings. The summed E-state index contributed by atoms with van der Waals surface area (Å²) in [5.74, 6) is -0.103. The molecule has 0 atom stereocenters. The molecule has 0 unspecified atom stereocenters. The molecule has 1 aromatic heterocycles. The summed E-state index contributed by atoms with van der Waals surface area (Å²) >= 11 is 0. The Balaban J connectivity index is 1.38. The Morgan fingerprint density at radius 1 is 1.00 bits per heavy atom. The average molecular weight is 400 g/mol. The van der Waals surface area contributed by atoms with Crippen molar-refractivity contribution in [3.8, 4) is 0 Å². The molecule has 0 radical (unpaired) electrons. The van der Waals surface area contributed by atoms with E-state index in [1.54, 1.807) is 17.0 Å². The summed E-state index contributed by atoms with van der Waals surface area (Å²) in [5, 5.41) is 0.986. The smallest absolute Gasteiger partial charge is 0.328 e. The van der Waals surface area contributed by atoms with Gasteiger partial charge in [-0.15, -0.1) is 0 Å². The van der Waals surface area contributed by atoms with Gasteiger partial charge in [0.25, 0.3) is 5.91 Å². The van der Waals surface area contributed by atoms with Crippen LogP contribution >= 0.6 is 0 Å². The Labute approximate surface area is 166 Å². The van der Waals surface area contributed by atoms with Crippen molar-refractivity contribution >= 4 is 16.8 Å². The summed E-state index contributed by atoms with van der Waals surface area (Å²) in [4.78, 5) is 20.2.